The third-order valence-electron chi connectivity index (χ3n) is 2.86. The van der Waals surface area contributed by atoms with E-state index < -0.39 is 12.0 Å². The van der Waals surface area contributed by atoms with Gasteiger partial charge in [0, 0.05) is 0 Å². The molecule has 5 nitrogen and oxygen atoms in total. The zero-order valence-electron chi connectivity index (χ0n) is 11.4. The molecule has 1 unspecified atom stereocenters. The Balaban J connectivity index is 3.61. The van der Waals surface area contributed by atoms with Gasteiger partial charge in [0.1, 0.15) is 6.04 Å². The molecule has 0 aliphatic carbocycles. The fraction of sp³-hybridized carbons (Fsp3) is 0.462. The molecule has 0 heterocycles. The molecule has 0 amide bonds. The summed E-state index contributed by atoms with van der Waals surface area (Å²) < 4.78 is 10.4. The Morgan fingerprint density at radius 3 is 2.32 bits per heavy atom. The first-order valence-corrected chi connectivity index (χ1v) is 6.15. The number of benzene rings is 1. The van der Waals surface area contributed by atoms with Gasteiger partial charge in [0.25, 0.3) is 0 Å². The maximum Gasteiger partial charge on any atom is 0.325 e. The second-order valence-corrected chi connectivity index (χ2v) is 4.78. The number of methoxy groups -OCH3 is 2. The zero-order valence-corrected chi connectivity index (χ0v) is 12.1. The fourth-order valence-electron chi connectivity index (χ4n) is 1.96. The van der Waals surface area contributed by atoms with Crippen molar-refractivity contribution < 1.29 is 19.4 Å². The van der Waals surface area contributed by atoms with Crippen molar-refractivity contribution in [1.29, 1.82) is 0 Å². The lowest BCUT2D eigenvalue weighted by Gasteiger charge is -2.21. The van der Waals surface area contributed by atoms with Crippen molar-refractivity contribution in [3.05, 3.63) is 22.2 Å². The van der Waals surface area contributed by atoms with E-state index >= 15 is 0 Å². The van der Waals surface area contributed by atoms with Crippen LogP contribution in [0.5, 0.6) is 11.5 Å². The summed E-state index contributed by atoms with van der Waals surface area (Å²) in [5.74, 6) is -0.365. The van der Waals surface area contributed by atoms with Crippen LogP contribution < -0.4 is 15.2 Å². The number of hydrogen-bond acceptors (Lipinski definition) is 4. The number of halogens is 1. The molecule has 106 valence electrons. The predicted octanol–water partition coefficient (Wildman–Crippen LogP) is 2.57. The molecule has 0 aliphatic heterocycles. The molecule has 0 saturated carbocycles. The number of hydrogen-bond donors (Lipinski definition) is 2. The molecule has 1 aromatic carbocycles. The Labute approximate surface area is 117 Å². The summed E-state index contributed by atoms with van der Waals surface area (Å²) in [7, 11) is 2.93. The minimum atomic E-state index is -1.16. The Kier molecular flexibility index (Phi) is 5.03. The third-order valence-corrected chi connectivity index (χ3v) is 3.23. The number of carboxylic acid groups (broad SMARTS) is 1. The standard InChI is InChI=1S/C13H18ClNO4/c1-6(2)9-7(11(15)13(16)17)5-8(18-3)12(19-4)10(9)14/h5-6,11H,15H2,1-4H3,(H,16,17). The second kappa shape index (κ2) is 6.12. The maximum absolute atomic E-state index is 11.1. The van der Waals surface area contributed by atoms with Crippen molar-refractivity contribution in [2.45, 2.75) is 25.8 Å². The molecule has 19 heavy (non-hydrogen) atoms. The molecule has 1 aromatic rings. The summed E-state index contributed by atoms with van der Waals surface area (Å²) >= 11 is 6.29. The van der Waals surface area contributed by atoms with Crippen LogP contribution in [0.1, 0.15) is 36.9 Å². The quantitative estimate of drug-likeness (QED) is 0.870. The third kappa shape index (κ3) is 2.93. The predicted molar refractivity (Wildman–Crippen MR) is 73.2 cm³/mol. The van der Waals surface area contributed by atoms with E-state index in [1.807, 2.05) is 13.8 Å². The summed E-state index contributed by atoms with van der Waals surface area (Å²) in [6, 6.07) is 0.411. The summed E-state index contributed by atoms with van der Waals surface area (Å²) in [5.41, 5.74) is 6.80. The second-order valence-electron chi connectivity index (χ2n) is 4.40. The molecule has 1 atom stereocenters. The highest BCUT2D eigenvalue weighted by Crippen LogP contribution is 2.43. The SMILES string of the molecule is COc1cc(C(N)C(=O)O)c(C(C)C)c(Cl)c1OC. The van der Waals surface area contributed by atoms with Crippen LogP contribution in [0.15, 0.2) is 6.07 Å². The number of carboxylic acids is 1. The molecule has 0 bridgehead atoms. The summed E-state index contributed by atoms with van der Waals surface area (Å²) in [6.45, 7) is 3.82. The van der Waals surface area contributed by atoms with Gasteiger partial charge in [-0.25, -0.2) is 0 Å². The van der Waals surface area contributed by atoms with Gasteiger partial charge >= 0.3 is 5.97 Å². The average molecular weight is 288 g/mol. The zero-order chi connectivity index (χ0) is 14.7. The van der Waals surface area contributed by atoms with Gasteiger partial charge in [-0.2, -0.15) is 0 Å². The number of rotatable bonds is 5. The first kappa shape index (κ1) is 15.6. The number of carbonyl (C=O) groups is 1. The molecule has 1 rings (SSSR count). The Morgan fingerprint density at radius 2 is 1.95 bits per heavy atom. The maximum atomic E-state index is 11.1. The van der Waals surface area contributed by atoms with Crippen molar-refractivity contribution in [1.82, 2.24) is 0 Å². The molecule has 0 saturated heterocycles. The Hall–Kier alpha value is -1.46. The lowest BCUT2D eigenvalue weighted by Crippen LogP contribution is -2.23. The van der Waals surface area contributed by atoms with Crippen LogP contribution in [0.2, 0.25) is 5.02 Å². The van der Waals surface area contributed by atoms with Crippen molar-refractivity contribution >= 4 is 17.6 Å². The van der Waals surface area contributed by atoms with Crippen LogP contribution in [-0.4, -0.2) is 25.3 Å². The molecular formula is C13H18ClNO4. The van der Waals surface area contributed by atoms with E-state index in [1.54, 1.807) is 6.07 Å². The lowest BCUT2D eigenvalue weighted by atomic mass is 9.92. The minimum Gasteiger partial charge on any atom is -0.493 e. The number of ether oxygens (including phenoxy) is 2. The molecule has 0 radical (unpaired) electrons. The molecule has 0 aromatic heterocycles. The average Bonchev–Trinajstić information content (AvgIpc) is 2.35. The highest BCUT2D eigenvalue weighted by molar-refractivity contribution is 6.33. The van der Waals surface area contributed by atoms with Crippen LogP contribution >= 0.6 is 11.6 Å². The molecule has 0 fully saturated rings. The van der Waals surface area contributed by atoms with Crippen LogP contribution in [0.25, 0.3) is 0 Å². The van der Waals surface area contributed by atoms with Gasteiger partial charge in [0.15, 0.2) is 11.5 Å². The van der Waals surface area contributed by atoms with Crippen molar-refractivity contribution in [2.24, 2.45) is 5.73 Å². The highest BCUT2D eigenvalue weighted by Gasteiger charge is 2.26. The minimum absolute atomic E-state index is 0.00714. The summed E-state index contributed by atoms with van der Waals surface area (Å²) in [4.78, 5) is 11.1. The van der Waals surface area contributed by atoms with Gasteiger partial charge < -0.3 is 20.3 Å². The number of nitrogens with two attached hydrogens (primary N) is 1. The van der Waals surface area contributed by atoms with Gasteiger partial charge in [-0.1, -0.05) is 25.4 Å². The molecule has 0 spiro atoms. The Bertz CT molecular complexity index is 488. The van der Waals surface area contributed by atoms with Crippen LogP contribution in [0.3, 0.4) is 0 Å². The smallest absolute Gasteiger partial charge is 0.325 e. The highest BCUT2D eigenvalue weighted by atomic mass is 35.5. The largest absolute Gasteiger partial charge is 0.493 e. The van der Waals surface area contributed by atoms with E-state index in [0.717, 1.165) is 0 Å². The number of aliphatic carboxylic acids is 1. The van der Waals surface area contributed by atoms with Gasteiger partial charge in [0.2, 0.25) is 0 Å². The molecule has 3 N–H and O–H groups in total. The van der Waals surface area contributed by atoms with Crippen LogP contribution in [-0.2, 0) is 4.79 Å². The first-order valence-electron chi connectivity index (χ1n) is 5.77. The summed E-state index contributed by atoms with van der Waals surface area (Å²) in [6.07, 6.45) is 0. The van der Waals surface area contributed by atoms with E-state index in [1.165, 1.54) is 14.2 Å². The van der Waals surface area contributed by atoms with E-state index in [4.69, 9.17) is 31.9 Å². The van der Waals surface area contributed by atoms with E-state index in [9.17, 15) is 4.79 Å². The molecular weight excluding hydrogens is 270 g/mol. The van der Waals surface area contributed by atoms with Gasteiger partial charge in [-0.3, -0.25) is 4.79 Å². The van der Waals surface area contributed by atoms with Crippen LogP contribution in [0.4, 0.5) is 0 Å². The lowest BCUT2D eigenvalue weighted by molar-refractivity contribution is -0.138. The molecule has 6 heteroatoms. The van der Waals surface area contributed by atoms with Crippen molar-refractivity contribution in [2.75, 3.05) is 14.2 Å². The normalized spacial score (nSPS) is 12.4. The summed E-state index contributed by atoms with van der Waals surface area (Å²) in [5, 5.41) is 9.42. The van der Waals surface area contributed by atoms with Gasteiger partial charge in [0.05, 0.1) is 19.2 Å². The van der Waals surface area contributed by atoms with Crippen molar-refractivity contribution in [3.8, 4) is 11.5 Å². The topological polar surface area (TPSA) is 81.8 Å². The molecule has 0 aliphatic rings. The van der Waals surface area contributed by atoms with Gasteiger partial charge in [-0.15, -0.1) is 0 Å². The fourth-order valence-corrected chi connectivity index (χ4v) is 2.46. The van der Waals surface area contributed by atoms with E-state index in [-0.39, 0.29) is 5.92 Å². The van der Waals surface area contributed by atoms with E-state index in [0.29, 0.717) is 27.6 Å². The van der Waals surface area contributed by atoms with Crippen molar-refractivity contribution in [3.63, 3.8) is 0 Å². The van der Waals surface area contributed by atoms with Crippen LogP contribution in [0, 0.1) is 0 Å². The van der Waals surface area contributed by atoms with Gasteiger partial charge in [-0.05, 0) is 23.1 Å². The Morgan fingerprint density at radius 1 is 1.37 bits per heavy atom. The van der Waals surface area contributed by atoms with E-state index in [2.05, 4.69) is 0 Å². The first-order chi connectivity index (χ1) is 8.84. The monoisotopic (exact) mass is 287 g/mol.